The first-order valence-corrected chi connectivity index (χ1v) is 11.5. The summed E-state index contributed by atoms with van der Waals surface area (Å²) >= 11 is 0. The Morgan fingerprint density at radius 3 is 2.29 bits per heavy atom. The number of nitrogens with zero attached hydrogens (tertiary/aromatic N) is 4. The van der Waals surface area contributed by atoms with E-state index >= 15 is 0 Å². The van der Waals surface area contributed by atoms with Crippen LogP contribution in [0, 0.1) is 6.92 Å². The molecular weight excluding hydrogens is 444 g/mol. The van der Waals surface area contributed by atoms with Crippen LogP contribution in [0.4, 0.5) is 0 Å². The van der Waals surface area contributed by atoms with Gasteiger partial charge in [0.25, 0.3) is 11.8 Å². The van der Waals surface area contributed by atoms with E-state index in [-0.39, 0.29) is 23.1 Å². The molecule has 1 N–H and O–H groups in total. The predicted molar refractivity (Wildman–Crippen MR) is 131 cm³/mol. The van der Waals surface area contributed by atoms with Crippen LogP contribution in [0.15, 0.2) is 73.1 Å². The summed E-state index contributed by atoms with van der Waals surface area (Å²) in [5.74, 6) is 0.322. The summed E-state index contributed by atoms with van der Waals surface area (Å²) in [7, 11) is 0. The van der Waals surface area contributed by atoms with Gasteiger partial charge in [0.2, 0.25) is 0 Å². The van der Waals surface area contributed by atoms with Crippen LogP contribution in [0.1, 0.15) is 32.0 Å². The number of carbonyl (C=O) groups excluding carboxylic acids is 2. The summed E-state index contributed by atoms with van der Waals surface area (Å²) in [4.78, 5) is 33.6. The number of rotatable bonds is 5. The first-order chi connectivity index (χ1) is 17.0. The van der Waals surface area contributed by atoms with Gasteiger partial charge >= 0.3 is 0 Å². The molecule has 8 nitrogen and oxygen atoms in total. The number of carbonyl (C=O) groups is 2. The third-order valence-electron chi connectivity index (χ3n) is 6.20. The molecule has 178 valence electrons. The van der Waals surface area contributed by atoms with Crippen molar-refractivity contribution in [2.45, 2.75) is 13.5 Å². The number of para-hydroxylation sites is 1. The van der Waals surface area contributed by atoms with E-state index in [0.29, 0.717) is 44.1 Å². The largest absolute Gasteiger partial charge is 0.507 e. The molecule has 2 amide bonds. The zero-order chi connectivity index (χ0) is 24.4. The van der Waals surface area contributed by atoms with Crippen molar-refractivity contribution in [3.8, 4) is 11.5 Å². The quantitative estimate of drug-likeness (QED) is 0.482. The molecule has 4 aromatic rings. The average Bonchev–Trinajstić information content (AvgIpc) is 3.32. The van der Waals surface area contributed by atoms with Crippen molar-refractivity contribution in [1.29, 1.82) is 0 Å². The third kappa shape index (κ3) is 4.68. The van der Waals surface area contributed by atoms with Gasteiger partial charge in [-0.2, -0.15) is 0 Å². The number of pyridine rings is 1. The molecule has 35 heavy (non-hydrogen) atoms. The molecule has 0 spiro atoms. The Morgan fingerprint density at radius 1 is 0.914 bits per heavy atom. The lowest BCUT2D eigenvalue weighted by atomic mass is 10.1. The van der Waals surface area contributed by atoms with Gasteiger partial charge in [0.15, 0.2) is 0 Å². The number of ether oxygens (including phenoxy) is 1. The molecule has 1 aliphatic rings. The van der Waals surface area contributed by atoms with Gasteiger partial charge < -0.3 is 24.0 Å². The maximum atomic E-state index is 13.0. The number of fused-ring (bicyclic) bond motifs is 1. The molecule has 1 saturated heterocycles. The van der Waals surface area contributed by atoms with Gasteiger partial charge in [0, 0.05) is 44.1 Å². The number of imidazole rings is 1. The van der Waals surface area contributed by atoms with Crippen LogP contribution in [-0.4, -0.2) is 62.3 Å². The van der Waals surface area contributed by atoms with Crippen LogP contribution in [-0.2, 0) is 6.61 Å². The van der Waals surface area contributed by atoms with E-state index in [4.69, 9.17) is 4.74 Å². The summed E-state index contributed by atoms with van der Waals surface area (Å²) in [6.07, 6.45) is 3.91. The standard InChI is InChI=1S/C27H26N4O4/c1-19-5-4-12-31-17-21(28-25(19)31)18-35-22-10-8-20(9-11-22)26(33)29-13-15-30(16-14-29)27(34)23-6-2-3-7-24(23)32/h2-12,17,32H,13-16,18H2,1H3. The molecule has 5 rings (SSSR count). The second-order valence-electron chi connectivity index (χ2n) is 8.57. The minimum Gasteiger partial charge on any atom is -0.507 e. The van der Waals surface area contributed by atoms with Crippen molar-refractivity contribution in [2.24, 2.45) is 0 Å². The van der Waals surface area contributed by atoms with Crippen LogP contribution < -0.4 is 4.74 Å². The second kappa shape index (κ2) is 9.50. The Kier molecular flexibility index (Phi) is 6.10. The highest BCUT2D eigenvalue weighted by atomic mass is 16.5. The lowest BCUT2D eigenvalue weighted by Crippen LogP contribution is -2.50. The number of hydrogen-bond donors (Lipinski definition) is 1. The molecule has 2 aromatic heterocycles. The van der Waals surface area contributed by atoms with Crippen molar-refractivity contribution in [3.63, 3.8) is 0 Å². The van der Waals surface area contributed by atoms with Gasteiger partial charge in [-0.3, -0.25) is 9.59 Å². The maximum absolute atomic E-state index is 13.0. The van der Waals surface area contributed by atoms with Crippen molar-refractivity contribution in [2.75, 3.05) is 26.2 Å². The Balaban J connectivity index is 1.16. The van der Waals surface area contributed by atoms with E-state index in [9.17, 15) is 14.7 Å². The van der Waals surface area contributed by atoms with E-state index in [1.165, 1.54) is 6.07 Å². The normalized spacial score (nSPS) is 13.7. The smallest absolute Gasteiger partial charge is 0.257 e. The number of aromatic hydroxyl groups is 1. The average molecular weight is 471 g/mol. The minimum atomic E-state index is -0.225. The number of hydrogen-bond acceptors (Lipinski definition) is 5. The number of piperazine rings is 1. The van der Waals surface area contributed by atoms with Crippen LogP contribution in [0.25, 0.3) is 5.65 Å². The monoisotopic (exact) mass is 470 g/mol. The second-order valence-corrected chi connectivity index (χ2v) is 8.57. The topological polar surface area (TPSA) is 87.4 Å². The van der Waals surface area contributed by atoms with Crippen LogP contribution in [0.3, 0.4) is 0 Å². The highest BCUT2D eigenvalue weighted by Gasteiger charge is 2.26. The number of phenolic OH excluding ortho intramolecular Hbond substituents is 1. The van der Waals surface area contributed by atoms with Crippen molar-refractivity contribution in [3.05, 3.63) is 95.4 Å². The van der Waals surface area contributed by atoms with E-state index in [1.54, 1.807) is 52.3 Å². The molecular formula is C27H26N4O4. The summed E-state index contributed by atoms with van der Waals surface area (Å²) in [6.45, 7) is 4.06. The molecule has 0 atom stereocenters. The fourth-order valence-corrected chi connectivity index (χ4v) is 4.24. The van der Waals surface area contributed by atoms with Gasteiger partial charge in [-0.25, -0.2) is 4.98 Å². The number of phenols is 1. The number of aromatic nitrogens is 2. The first-order valence-electron chi connectivity index (χ1n) is 11.5. The Morgan fingerprint density at radius 2 is 1.60 bits per heavy atom. The van der Waals surface area contributed by atoms with Gasteiger partial charge in [0.05, 0.1) is 11.3 Å². The lowest BCUT2D eigenvalue weighted by molar-refractivity contribution is 0.0533. The van der Waals surface area contributed by atoms with E-state index in [1.807, 2.05) is 35.9 Å². The Labute approximate surface area is 203 Å². The number of aryl methyl sites for hydroxylation is 1. The molecule has 1 aliphatic heterocycles. The van der Waals surface area contributed by atoms with Crippen molar-refractivity contribution >= 4 is 17.5 Å². The van der Waals surface area contributed by atoms with Crippen LogP contribution in [0.5, 0.6) is 11.5 Å². The van der Waals surface area contributed by atoms with Crippen molar-refractivity contribution in [1.82, 2.24) is 19.2 Å². The maximum Gasteiger partial charge on any atom is 0.257 e. The molecule has 1 fully saturated rings. The van der Waals surface area contributed by atoms with Crippen molar-refractivity contribution < 1.29 is 19.4 Å². The lowest BCUT2D eigenvalue weighted by Gasteiger charge is -2.35. The predicted octanol–water partition coefficient (Wildman–Crippen LogP) is 3.53. The van der Waals surface area contributed by atoms with Gasteiger partial charge in [-0.05, 0) is 55.0 Å². The minimum absolute atomic E-state index is 0.0328. The molecule has 2 aromatic carbocycles. The van der Waals surface area contributed by atoms with E-state index in [0.717, 1.165) is 16.9 Å². The van der Waals surface area contributed by atoms with Gasteiger partial charge in [-0.15, -0.1) is 0 Å². The zero-order valence-electron chi connectivity index (χ0n) is 19.4. The molecule has 8 heteroatoms. The van der Waals surface area contributed by atoms with E-state index in [2.05, 4.69) is 4.98 Å². The SMILES string of the molecule is Cc1cccn2cc(COc3ccc(C(=O)N4CCN(C(=O)c5ccccc5O)CC4)cc3)nc12. The molecule has 0 unspecified atom stereocenters. The number of amides is 2. The Hall–Kier alpha value is -4.33. The number of benzene rings is 2. The van der Waals surface area contributed by atoms with Crippen LogP contribution >= 0.6 is 0 Å². The Bertz CT molecular complexity index is 1370. The zero-order valence-corrected chi connectivity index (χ0v) is 19.4. The van der Waals surface area contributed by atoms with Gasteiger partial charge in [-0.1, -0.05) is 18.2 Å². The summed E-state index contributed by atoms with van der Waals surface area (Å²) in [6, 6.07) is 17.6. The van der Waals surface area contributed by atoms with Gasteiger partial charge in [0.1, 0.15) is 23.8 Å². The molecule has 0 aliphatic carbocycles. The molecule has 3 heterocycles. The molecule has 0 radical (unpaired) electrons. The summed E-state index contributed by atoms with van der Waals surface area (Å²) in [5, 5.41) is 9.94. The summed E-state index contributed by atoms with van der Waals surface area (Å²) < 4.78 is 7.85. The highest BCUT2D eigenvalue weighted by molar-refractivity contribution is 5.97. The summed E-state index contributed by atoms with van der Waals surface area (Å²) in [5.41, 5.74) is 3.69. The first kappa shape index (κ1) is 22.5. The highest BCUT2D eigenvalue weighted by Crippen LogP contribution is 2.20. The van der Waals surface area contributed by atoms with Crippen LogP contribution in [0.2, 0.25) is 0 Å². The third-order valence-corrected chi connectivity index (χ3v) is 6.20. The molecule has 0 bridgehead atoms. The fraction of sp³-hybridized carbons (Fsp3) is 0.222. The molecule has 0 saturated carbocycles. The van der Waals surface area contributed by atoms with E-state index < -0.39 is 0 Å². The fourth-order valence-electron chi connectivity index (χ4n) is 4.24.